The molecular weight excluding hydrogens is 417 g/mol. The molecule has 0 bridgehead atoms. The largest absolute Gasteiger partial charge is 0.482 e. The highest BCUT2D eigenvalue weighted by Gasteiger charge is 2.11. The van der Waals surface area contributed by atoms with Crippen molar-refractivity contribution >= 4 is 56.5 Å². The zero-order chi connectivity index (χ0) is 19.5. The summed E-state index contributed by atoms with van der Waals surface area (Å²) in [6, 6.07) is 16.3. The van der Waals surface area contributed by atoms with Crippen LogP contribution in [0.25, 0.3) is 20.9 Å². The first-order valence-electron chi connectivity index (χ1n) is 8.29. The highest BCUT2D eigenvalue weighted by molar-refractivity contribution is 7.21. The van der Waals surface area contributed by atoms with E-state index in [0.29, 0.717) is 16.5 Å². The fraction of sp³-hybridized carbons (Fsp3) is 0.0500. The van der Waals surface area contributed by atoms with E-state index in [9.17, 15) is 4.79 Å². The summed E-state index contributed by atoms with van der Waals surface area (Å²) in [5, 5.41) is 4.30. The molecule has 0 aliphatic rings. The third kappa shape index (κ3) is 4.09. The number of nitrogens with one attached hydrogen (secondary N) is 1. The maximum atomic E-state index is 12.2. The van der Waals surface area contributed by atoms with Crippen LogP contribution in [-0.4, -0.2) is 22.5 Å². The van der Waals surface area contributed by atoms with Crippen molar-refractivity contribution in [2.24, 2.45) is 0 Å². The molecule has 0 unspecified atom stereocenters. The number of hydrogen-bond donors (Lipinski definition) is 1. The molecule has 0 radical (unpaired) electrons. The lowest BCUT2D eigenvalue weighted by atomic mass is 10.2. The molecule has 0 saturated carbocycles. The maximum Gasteiger partial charge on any atom is 0.262 e. The number of amides is 1. The summed E-state index contributed by atoms with van der Waals surface area (Å²) < 4.78 is 5.46. The number of ether oxygens (including phenoxy) is 1. The van der Waals surface area contributed by atoms with Crippen molar-refractivity contribution in [1.29, 1.82) is 0 Å². The molecule has 8 heteroatoms. The summed E-state index contributed by atoms with van der Waals surface area (Å²) in [7, 11) is 0. The van der Waals surface area contributed by atoms with Crippen LogP contribution in [0.2, 0.25) is 10.0 Å². The first kappa shape index (κ1) is 18.7. The highest BCUT2D eigenvalue weighted by Crippen LogP contribution is 2.32. The number of anilines is 1. The maximum absolute atomic E-state index is 12.2. The van der Waals surface area contributed by atoms with Crippen LogP contribution in [0.5, 0.6) is 5.75 Å². The molecule has 5 nitrogen and oxygen atoms in total. The normalized spacial score (nSPS) is 10.8. The molecule has 0 spiro atoms. The number of halogens is 2. The monoisotopic (exact) mass is 429 g/mol. The van der Waals surface area contributed by atoms with Crippen LogP contribution in [0.1, 0.15) is 0 Å². The van der Waals surface area contributed by atoms with Crippen molar-refractivity contribution in [2.45, 2.75) is 0 Å². The Kier molecular flexibility index (Phi) is 5.43. The zero-order valence-corrected chi connectivity index (χ0v) is 16.7. The number of pyridine rings is 1. The van der Waals surface area contributed by atoms with Crippen molar-refractivity contribution < 1.29 is 9.53 Å². The predicted octanol–water partition coefficient (Wildman–Crippen LogP) is 5.68. The second-order valence-corrected chi connectivity index (χ2v) is 7.58. The van der Waals surface area contributed by atoms with Crippen LogP contribution in [0.3, 0.4) is 0 Å². The molecule has 2 aromatic carbocycles. The zero-order valence-electron chi connectivity index (χ0n) is 14.4. The summed E-state index contributed by atoms with van der Waals surface area (Å²) in [5.74, 6) is 0.0548. The van der Waals surface area contributed by atoms with Crippen molar-refractivity contribution in [3.63, 3.8) is 0 Å². The standard InChI is InChI=1S/C20H13Cl2N3O2S/c21-14-6-2-8-16(18(14)22)27-11-17(26)24-13-5-1-4-12(10-13)19-25-15-7-3-9-23-20(15)28-19/h1-10H,11H2,(H,24,26). The van der Waals surface area contributed by atoms with Gasteiger partial charge in [-0.3, -0.25) is 4.79 Å². The van der Waals surface area contributed by atoms with Gasteiger partial charge in [0.15, 0.2) is 6.61 Å². The van der Waals surface area contributed by atoms with E-state index in [0.717, 1.165) is 20.9 Å². The number of carbonyl (C=O) groups excluding carboxylic acids is 1. The van der Waals surface area contributed by atoms with Crippen molar-refractivity contribution in [1.82, 2.24) is 9.97 Å². The molecule has 140 valence electrons. The van der Waals surface area contributed by atoms with Gasteiger partial charge in [0.25, 0.3) is 5.91 Å². The van der Waals surface area contributed by atoms with E-state index >= 15 is 0 Å². The molecule has 4 rings (SSSR count). The van der Waals surface area contributed by atoms with Gasteiger partial charge in [-0.2, -0.15) is 0 Å². The molecule has 1 amide bonds. The predicted molar refractivity (Wildman–Crippen MR) is 113 cm³/mol. The van der Waals surface area contributed by atoms with Gasteiger partial charge in [0.1, 0.15) is 26.1 Å². The van der Waals surface area contributed by atoms with E-state index in [1.54, 1.807) is 30.5 Å². The number of fused-ring (bicyclic) bond motifs is 1. The van der Waals surface area contributed by atoms with E-state index < -0.39 is 0 Å². The van der Waals surface area contributed by atoms with E-state index in [-0.39, 0.29) is 17.5 Å². The molecule has 28 heavy (non-hydrogen) atoms. The van der Waals surface area contributed by atoms with Crippen LogP contribution >= 0.6 is 34.5 Å². The van der Waals surface area contributed by atoms with Gasteiger partial charge < -0.3 is 10.1 Å². The quantitative estimate of drug-likeness (QED) is 0.442. The van der Waals surface area contributed by atoms with Crippen molar-refractivity contribution in [3.8, 4) is 16.3 Å². The summed E-state index contributed by atoms with van der Waals surface area (Å²) in [6.45, 7) is -0.185. The second-order valence-electron chi connectivity index (χ2n) is 5.82. The minimum absolute atomic E-state index is 0.185. The Labute approximate surface area is 174 Å². The number of rotatable bonds is 5. The Balaban J connectivity index is 1.45. The van der Waals surface area contributed by atoms with Gasteiger partial charge in [0.05, 0.1) is 5.02 Å². The van der Waals surface area contributed by atoms with Gasteiger partial charge in [-0.15, -0.1) is 0 Å². The first-order valence-corrected chi connectivity index (χ1v) is 9.86. The van der Waals surface area contributed by atoms with Gasteiger partial charge in [-0.25, -0.2) is 9.97 Å². The Bertz CT molecular complexity index is 1130. The Morgan fingerprint density at radius 2 is 1.96 bits per heavy atom. The summed E-state index contributed by atoms with van der Waals surface area (Å²) >= 11 is 13.5. The van der Waals surface area contributed by atoms with Crippen LogP contribution < -0.4 is 10.1 Å². The van der Waals surface area contributed by atoms with Gasteiger partial charge >= 0.3 is 0 Å². The molecule has 0 aliphatic heterocycles. The van der Waals surface area contributed by atoms with Crippen LogP contribution in [-0.2, 0) is 4.79 Å². The van der Waals surface area contributed by atoms with Gasteiger partial charge in [0, 0.05) is 17.4 Å². The lowest BCUT2D eigenvalue weighted by molar-refractivity contribution is -0.118. The van der Waals surface area contributed by atoms with Gasteiger partial charge in [-0.05, 0) is 36.4 Å². The molecule has 4 aromatic rings. The smallest absolute Gasteiger partial charge is 0.262 e. The molecular formula is C20H13Cl2N3O2S. The van der Waals surface area contributed by atoms with E-state index in [2.05, 4.69) is 15.3 Å². The molecule has 1 N–H and O–H groups in total. The first-order chi connectivity index (χ1) is 13.6. The van der Waals surface area contributed by atoms with Crippen LogP contribution in [0.4, 0.5) is 5.69 Å². The fourth-order valence-corrected chi connectivity index (χ4v) is 3.81. The topological polar surface area (TPSA) is 64.1 Å². The summed E-state index contributed by atoms with van der Waals surface area (Å²) in [4.78, 5) is 22.0. The fourth-order valence-electron chi connectivity index (χ4n) is 2.56. The summed E-state index contributed by atoms with van der Waals surface area (Å²) in [6.07, 6.45) is 1.74. The number of benzene rings is 2. The van der Waals surface area contributed by atoms with Crippen molar-refractivity contribution in [3.05, 3.63) is 70.8 Å². The SMILES string of the molecule is O=C(COc1cccc(Cl)c1Cl)Nc1cccc(-c2nc3cccnc3s2)c1. The van der Waals surface area contributed by atoms with Crippen molar-refractivity contribution in [2.75, 3.05) is 11.9 Å². The number of carbonyl (C=O) groups is 1. The minimum Gasteiger partial charge on any atom is -0.482 e. The summed E-state index contributed by atoms with van der Waals surface area (Å²) in [5.41, 5.74) is 2.40. The molecule has 0 aliphatic carbocycles. The second kappa shape index (κ2) is 8.14. The Morgan fingerprint density at radius 1 is 1.11 bits per heavy atom. The molecule has 0 atom stereocenters. The van der Waals surface area contributed by atoms with E-state index in [4.69, 9.17) is 27.9 Å². The van der Waals surface area contributed by atoms with E-state index in [1.807, 2.05) is 30.3 Å². The number of thiazole rings is 1. The van der Waals surface area contributed by atoms with Gasteiger partial charge in [-0.1, -0.05) is 52.7 Å². The van der Waals surface area contributed by atoms with Crippen LogP contribution in [0, 0.1) is 0 Å². The molecule has 0 fully saturated rings. The third-order valence-electron chi connectivity index (χ3n) is 3.83. The average Bonchev–Trinajstić information content (AvgIpc) is 3.14. The Morgan fingerprint density at radius 3 is 2.82 bits per heavy atom. The number of hydrogen-bond acceptors (Lipinski definition) is 5. The Hall–Kier alpha value is -2.67. The molecule has 2 heterocycles. The molecule has 0 saturated heterocycles. The number of aromatic nitrogens is 2. The highest BCUT2D eigenvalue weighted by atomic mass is 35.5. The minimum atomic E-state index is -0.306. The van der Waals surface area contributed by atoms with Gasteiger partial charge in [0.2, 0.25) is 0 Å². The lowest BCUT2D eigenvalue weighted by Crippen LogP contribution is -2.20. The molecule has 2 aromatic heterocycles. The lowest BCUT2D eigenvalue weighted by Gasteiger charge is -2.10. The van der Waals surface area contributed by atoms with Crippen LogP contribution in [0.15, 0.2) is 60.8 Å². The van der Waals surface area contributed by atoms with E-state index in [1.165, 1.54) is 11.3 Å². The average molecular weight is 430 g/mol. The third-order valence-corrected chi connectivity index (χ3v) is 5.66. The number of nitrogens with zero attached hydrogens (tertiary/aromatic N) is 2.